The number of imidazole rings is 1. The summed E-state index contributed by atoms with van der Waals surface area (Å²) in [7, 11) is 0. The predicted octanol–water partition coefficient (Wildman–Crippen LogP) is 4.44. The van der Waals surface area contributed by atoms with Crippen LogP contribution in [0.4, 0.5) is 4.39 Å². The summed E-state index contributed by atoms with van der Waals surface area (Å²) in [5.41, 5.74) is 3.72. The first-order chi connectivity index (χ1) is 8.63. The molecule has 1 N–H and O–H groups in total. The number of fused-ring (bicyclic) bond motifs is 1. The summed E-state index contributed by atoms with van der Waals surface area (Å²) in [5, 5.41) is 0. The number of para-hydroxylation sites is 1. The number of nitrogens with zero attached hydrogens (tertiary/aromatic N) is 1. The van der Waals surface area contributed by atoms with Crippen LogP contribution in [0, 0.1) is 12.7 Å². The molecule has 0 radical (unpaired) electrons. The summed E-state index contributed by atoms with van der Waals surface area (Å²) >= 11 is 3.29. The molecule has 0 aliphatic rings. The monoisotopic (exact) mass is 304 g/mol. The average Bonchev–Trinajstić information content (AvgIpc) is 2.73. The molecule has 0 spiro atoms. The molecule has 90 valence electrons. The second-order valence-corrected chi connectivity index (χ2v) is 5.13. The van der Waals surface area contributed by atoms with Gasteiger partial charge in [-0.15, -0.1) is 0 Å². The lowest BCUT2D eigenvalue weighted by molar-refractivity contribution is 0.627. The minimum Gasteiger partial charge on any atom is -0.338 e. The van der Waals surface area contributed by atoms with E-state index in [1.165, 1.54) is 12.1 Å². The molecule has 4 heteroatoms. The van der Waals surface area contributed by atoms with Gasteiger partial charge in [0, 0.05) is 10.0 Å². The first kappa shape index (κ1) is 11.4. The third-order valence-electron chi connectivity index (χ3n) is 2.85. The van der Waals surface area contributed by atoms with Crippen molar-refractivity contribution in [2.75, 3.05) is 0 Å². The van der Waals surface area contributed by atoms with E-state index in [-0.39, 0.29) is 5.82 Å². The van der Waals surface area contributed by atoms with Gasteiger partial charge in [-0.3, -0.25) is 0 Å². The van der Waals surface area contributed by atoms with Gasteiger partial charge in [-0.1, -0.05) is 28.1 Å². The number of halogens is 2. The van der Waals surface area contributed by atoms with E-state index in [1.807, 2.05) is 31.2 Å². The number of hydrogen-bond acceptors (Lipinski definition) is 1. The van der Waals surface area contributed by atoms with Crippen molar-refractivity contribution in [1.29, 1.82) is 0 Å². The highest BCUT2D eigenvalue weighted by Gasteiger charge is 2.08. The smallest absolute Gasteiger partial charge is 0.138 e. The lowest BCUT2D eigenvalue weighted by Gasteiger charge is -1.98. The molecule has 3 aromatic rings. The molecular formula is C14H10BrFN2. The zero-order valence-electron chi connectivity index (χ0n) is 9.67. The maximum absolute atomic E-state index is 13.4. The highest BCUT2D eigenvalue weighted by molar-refractivity contribution is 9.10. The number of hydrogen-bond donors (Lipinski definition) is 1. The lowest BCUT2D eigenvalue weighted by Crippen LogP contribution is -1.83. The lowest BCUT2D eigenvalue weighted by atomic mass is 10.2. The molecule has 18 heavy (non-hydrogen) atoms. The van der Waals surface area contributed by atoms with E-state index in [0.29, 0.717) is 10.3 Å². The molecule has 2 aromatic carbocycles. The van der Waals surface area contributed by atoms with E-state index in [2.05, 4.69) is 25.9 Å². The molecule has 0 saturated carbocycles. The van der Waals surface area contributed by atoms with Gasteiger partial charge in [-0.25, -0.2) is 9.37 Å². The Hall–Kier alpha value is -1.68. The number of rotatable bonds is 1. The third-order valence-corrected chi connectivity index (χ3v) is 3.31. The Labute approximate surface area is 112 Å². The fourth-order valence-electron chi connectivity index (χ4n) is 2.00. The normalized spacial score (nSPS) is 11.1. The quantitative estimate of drug-likeness (QED) is 0.707. The Morgan fingerprint density at radius 3 is 2.78 bits per heavy atom. The van der Waals surface area contributed by atoms with Crippen LogP contribution in [0.15, 0.2) is 40.9 Å². The Balaban J connectivity index is 2.22. The van der Waals surface area contributed by atoms with Crippen LogP contribution in [-0.4, -0.2) is 9.97 Å². The van der Waals surface area contributed by atoms with Gasteiger partial charge in [0.25, 0.3) is 0 Å². The van der Waals surface area contributed by atoms with Crippen LogP contribution in [0.2, 0.25) is 0 Å². The molecule has 0 aliphatic carbocycles. The van der Waals surface area contributed by atoms with Crippen molar-refractivity contribution < 1.29 is 4.39 Å². The first-order valence-electron chi connectivity index (χ1n) is 5.55. The van der Waals surface area contributed by atoms with Crippen molar-refractivity contribution >= 4 is 27.0 Å². The Morgan fingerprint density at radius 1 is 1.22 bits per heavy atom. The highest BCUT2D eigenvalue weighted by Crippen LogP contribution is 2.25. The van der Waals surface area contributed by atoms with Crippen LogP contribution < -0.4 is 0 Å². The molecular weight excluding hydrogens is 295 g/mol. The van der Waals surface area contributed by atoms with Crippen LogP contribution in [0.5, 0.6) is 0 Å². The molecule has 0 amide bonds. The molecule has 0 saturated heterocycles. The molecule has 0 aliphatic heterocycles. The summed E-state index contributed by atoms with van der Waals surface area (Å²) in [6.45, 7) is 2.01. The van der Waals surface area contributed by atoms with Gasteiger partial charge in [0.15, 0.2) is 0 Å². The van der Waals surface area contributed by atoms with E-state index >= 15 is 0 Å². The fraction of sp³-hybridized carbons (Fsp3) is 0.0714. The van der Waals surface area contributed by atoms with Gasteiger partial charge >= 0.3 is 0 Å². The van der Waals surface area contributed by atoms with E-state index < -0.39 is 0 Å². The van der Waals surface area contributed by atoms with Crippen LogP contribution in [0.25, 0.3) is 22.4 Å². The number of nitrogens with one attached hydrogen (secondary N) is 1. The largest absolute Gasteiger partial charge is 0.338 e. The van der Waals surface area contributed by atoms with Crippen molar-refractivity contribution in [2.24, 2.45) is 0 Å². The molecule has 0 fully saturated rings. The van der Waals surface area contributed by atoms with Crippen molar-refractivity contribution in [2.45, 2.75) is 6.92 Å². The van der Waals surface area contributed by atoms with E-state index in [0.717, 1.165) is 22.2 Å². The number of H-pyrrole nitrogens is 1. The zero-order valence-corrected chi connectivity index (χ0v) is 11.3. The highest BCUT2D eigenvalue weighted by atomic mass is 79.9. The van der Waals surface area contributed by atoms with Crippen molar-refractivity contribution in [1.82, 2.24) is 9.97 Å². The minimum absolute atomic E-state index is 0.281. The van der Waals surface area contributed by atoms with Crippen LogP contribution in [-0.2, 0) is 0 Å². The van der Waals surface area contributed by atoms with Gasteiger partial charge in [-0.05, 0) is 36.8 Å². The Kier molecular flexibility index (Phi) is 2.67. The summed E-state index contributed by atoms with van der Waals surface area (Å²) < 4.78 is 14.1. The fourth-order valence-corrected chi connectivity index (χ4v) is 2.47. The van der Waals surface area contributed by atoms with Gasteiger partial charge in [0.1, 0.15) is 11.6 Å². The van der Waals surface area contributed by atoms with Gasteiger partial charge in [-0.2, -0.15) is 0 Å². The maximum atomic E-state index is 13.4. The summed E-state index contributed by atoms with van der Waals surface area (Å²) in [4.78, 5) is 7.73. The third kappa shape index (κ3) is 1.93. The first-order valence-corrected chi connectivity index (χ1v) is 6.34. The number of benzene rings is 2. The number of aromatic amines is 1. The van der Waals surface area contributed by atoms with Crippen molar-refractivity contribution in [3.63, 3.8) is 0 Å². The van der Waals surface area contributed by atoms with E-state index in [4.69, 9.17) is 0 Å². The Morgan fingerprint density at radius 2 is 2.06 bits per heavy atom. The van der Waals surface area contributed by atoms with Gasteiger partial charge < -0.3 is 4.98 Å². The molecule has 0 bridgehead atoms. The molecule has 0 unspecified atom stereocenters. The summed E-state index contributed by atoms with van der Waals surface area (Å²) in [6, 6.07) is 10.7. The van der Waals surface area contributed by atoms with Crippen LogP contribution in [0.3, 0.4) is 0 Å². The second-order valence-electron chi connectivity index (χ2n) is 4.21. The van der Waals surface area contributed by atoms with Gasteiger partial charge in [0.05, 0.1) is 11.0 Å². The van der Waals surface area contributed by atoms with E-state index in [1.54, 1.807) is 0 Å². The summed E-state index contributed by atoms with van der Waals surface area (Å²) in [6.07, 6.45) is 0. The molecule has 0 atom stereocenters. The van der Waals surface area contributed by atoms with Gasteiger partial charge in [0.2, 0.25) is 0 Å². The van der Waals surface area contributed by atoms with Crippen molar-refractivity contribution in [3.05, 3.63) is 52.3 Å². The SMILES string of the molecule is Cc1cccc2[nH]c(-c3cc(F)cc(Br)c3)nc12. The van der Waals surface area contributed by atoms with Crippen molar-refractivity contribution in [3.8, 4) is 11.4 Å². The maximum Gasteiger partial charge on any atom is 0.138 e. The average molecular weight is 305 g/mol. The molecule has 1 heterocycles. The summed E-state index contributed by atoms with van der Waals surface area (Å²) in [5.74, 6) is 0.399. The number of aromatic nitrogens is 2. The number of aryl methyl sites for hydroxylation is 1. The molecule has 3 rings (SSSR count). The van der Waals surface area contributed by atoms with Crippen LogP contribution >= 0.6 is 15.9 Å². The zero-order chi connectivity index (χ0) is 12.7. The topological polar surface area (TPSA) is 28.7 Å². The standard InChI is InChI=1S/C14H10BrFN2/c1-8-3-2-4-12-13(8)18-14(17-12)9-5-10(15)7-11(16)6-9/h2-7H,1H3,(H,17,18). The van der Waals surface area contributed by atoms with Crippen LogP contribution in [0.1, 0.15) is 5.56 Å². The Bertz CT molecular complexity index is 713. The minimum atomic E-state index is -0.281. The molecule has 2 nitrogen and oxygen atoms in total. The predicted molar refractivity (Wildman–Crippen MR) is 73.9 cm³/mol. The van der Waals surface area contributed by atoms with E-state index in [9.17, 15) is 4.39 Å². The molecule has 1 aromatic heterocycles. The second kappa shape index (κ2) is 4.21.